The SMILES string of the molecule is N#CN1CCC[C@@H](n2cc(-c3ccc(Oc4ccccc4)cc3)c3c(N)n[nH]c(=O)c32)C1. The summed E-state index contributed by atoms with van der Waals surface area (Å²) in [6.07, 6.45) is 5.95. The third kappa shape index (κ3) is 3.54. The Morgan fingerprint density at radius 2 is 1.88 bits per heavy atom. The molecule has 32 heavy (non-hydrogen) atoms. The molecule has 160 valence electrons. The van der Waals surface area contributed by atoms with Crippen molar-refractivity contribution in [3.05, 3.63) is 71.1 Å². The van der Waals surface area contributed by atoms with Gasteiger partial charge < -0.3 is 19.9 Å². The standard InChI is InChI=1S/C24H22N6O2/c25-15-29-12-4-5-17(13-29)30-14-20(21-22(30)24(31)28-27-23(21)26)16-8-10-19(11-9-16)32-18-6-2-1-3-7-18/h1-3,6-11,14,17H,4-5,12-13H2,(H2,26,27)(H,28,31)/t17-/m1/s1. The van der Waals surface area contributed by atoms with Crippen molar-refractivity contribution in [3.63, 3.8) is 0 Å². The summed E-state index contributed by atoms with van der Waals surface area (Å²) in [6.45, 7) is 1.30. The number of ether oxygens (including phenoxy) is 1. The van der Waals surface area contributed by atoms with Gasteiger partial charge in [0.15, 0.2) is 12.0 Å². The topological polar surface area (TPSA) is 113 Å². The number of aromatic nitrogens is 3. The molecule has 8 heteroatoms. The normalized spacial score (nSPS) is 16.1. The number of para-hydroxylation sites is 1. The minimum atomic E-state index is -0.293. The number of fused-ring (bicyclic) bond motifs is 1. The molecule has 2 aromatic carbocycles. The van der Waals surface area contributed by atoms with Crippen molar-refractivity contribution in [1.29, 1.82) is 5.26 Å². The third-order valence-electron chi connectivity index (χ3n) is 5.86. The number of piperidine rings is 1. The first kappa shape index (κ1) is 19.7. The first-order chi connectivity index (χ1) is 15.6. The number of aromatic amines is 1. The van der Waals surface area contributed by atoms with E-state index in [1.54, 1.807) is 4.90 Å². The average Bonchev–Trinajstić information content (AvgIpc) is 3.25. The fourth-order valence-corrected chi connectivity index (χ4v) is 4.34. The molecule has 8 nitrogen and oxygen atoms in total. The van der Waals surface area contributed by atoms with Crippen LogP contribution in [0.15, 0.2) is 65.6 Å². The van der Waals surface area contributed by atoms with E-state index in [2.05, 4.69) is 16.4 Å². The molecule has 0 unspecified atom stereocenters. The Morgan fingerprint density at radius 3 is 2.62 bits per heavy atom. The van der Waals surface area contributed by atoms with Crippen molar-refractivity contribution in [1.82, 2.24) is 19.7 Å². The van der Waals surface area contributed by atoms with Gasteiger partial charge in [-0.1, -0.05) is 30.3 Å². The van der Waals surface area contributed by atoms with Gasteiger partial charge in [-0.05, 0) is 42.7 Å². The maximum absolute atomic E-state index is 12.8. The molecule has 1 atom stereocenters. The van der Waals surface area contributed by atoms with Crippen LogP contribution in [0.2, 0.25) is 0 Å². The molecule has 2 aromatic heterocycles. The Morgan fingerprint density at radius 1 is 1.12 bits per heavy atom. The van der Waals surface area contributed by atoms with Crippen LogP contribution in [0.4, 0.5) is 5.82 Å². The van der Waals surface area contributed by atoms with E-state index in [0.29, 0.717) is 23.2 Å². The lowest BCUT2D eigenvalue weighted by atomic mass is 10.1. The summed E-state index contributed by atoms with van der Waals surface area (Å²) in [5.74, 6) is 1.74. The van der Waals surface area contributed by atoms with Crippen LogP contribution in [0.25, 0.3) is 22.0 Å². The zero-order valence-electron chi connectivity index (χ0n) is 17.4. The van der Waals surface area contributed by atoms with E-state index in [9.17, 15) is 10.1 Å². The van der Waals surface area contributed by atoms with E-state index in [0.717, 1.165) is 36.3 Å². The van der Waals surface area contributed by atoms with Crippen LogP contribution in [0, 0.1) is 11.5 Å². The van der Waals surface area contributed by atoms with Gasteiger partial charge in [0.2, 0.25) is 0 Å². The Kier molecular flexibility index (Phi) is 5.00. The maximum Gasteiger partial charge on any atom is 0.288 e. The van der Waals surface area contributed by atoms with Crippen molar-refractivity contribution in [3.8, 4) is 28.8 Å². The van der Waals surface area contributed by atoms with E-state index in [4.69, 9.17) is 10.5 Å². The molecule has 1 aliphatic heterocycles. The molecule has 0 aliphatic carbocycles. The lowest BCUT2D eigenvalue weighted by molar-refractivity contribution is 0.248. The van der Waals surface area contributed by atoms with Crippen LogP contribution in [-0.4, -0.2) is 32.8 Å². The number of nitrogens with zero attached hydrogens (tertiary/aromatic N) is 4. The number of anilines is 1. The minimum absolute atomic E-state index is 0.00300. The first-order valence-corrected chi connectivity index (χ1v) is 10.5. The molecular weight excluding hydrogens is 404 g/mol. The number of H-pyrrole nitrogens is 1. The molecule has 1 aliphatic rings. The summed E-state index contributed by atoms with van der Waals surface area (Å²) < 4.78 is 7.85. The molecule has 3 heterocycles. The lowest BCUT2D eigenvalue weighted by Gasteiger charge is -2.30. The maximum atomic E-state index is 12.8. The van der Waals surface area contributed by atoms with Crippen molar-refractivity contribution in [2.45, 2.75) is 18.9 Å². The predicted molar refractivity (Wildman–Crippen MR) is 122 cm³/mol. The zero-order chi connectivity index (χ0) is 22.1. The molecule has 0 bridgehead atoms. The van der Waals surface area contributed by atoms with Gasteiger partial charge in [-0.3, -0.25) is 4.79 Å². The fourth-order valence-electron chi connectivity index (χ4n) is 4.34. The first-order valence-electron chi connectivity index (χ1n) is 10.5. The Hall–Kier alpha value is -4.25. The molecule has 0 amide bonds. The average molecular weight is 426 g/mol. The summed E-state index contributed by atoms with van der Waals surface area (Å²) in [5.41, 5.74) is 8.14. The van der Waals surface area contributed by atoms with Crippen molar-refractivity contribution >= 4 is 16.7 Å². The molecule has 0 saturated carbocycles. The number of benzene rings is 2. The highest BCUT2D eigenvalue weighted by Crippen LogP contribution is 2.36. The summed E-state index contributed by atoms with van der Waals surface area (Å²) in [5, 5.41) is 16.5. The van der Waals surface area contributed by atoms with Gasteiger partial charge >= 0.3 is 0 Å². The largest absolute Gasteiger partial charge is 0.457 e. The van der Waals surface area contributed by atoms with Crippen molar-refractivity contribution < 1.29 is 4.74 Å². The van der Waals surface area contributed by atoms with Gasteiger partial charge in [-0.25, -0.2) is 5.10 Å². The number of hydrogen-bond acceptors (Lipinski definition) is 6. The number of rotatable bonds is 4. The van der Waals surface area contributed by atoms with Crippen LogP contribution < -0.4 is 16.0 Å². The fraction of sp³-hybridized carbons (Fsp3) is 0.208. The summed E-state index contributed by atoms with van der Waals surface area (Å²) in [6, 6.07) is 17.2. The highest BCUT2D eigenvalue weighted by molar-refractivity contribution is 6.02. The van der Waals surface area contributed by atoms with Gasteiger partial charge in [0.05, 0.1) is 11.4 Å². The van der Waals surface area contributed by atoms with Crippen LogP contribution in [-0.2, 0) is 0 Å². The zero-order valence-corrected chi connectivity index (χ0v) is 17.4. The van der Waals surface area contributed by atoms with Crippen LogP contribution in [0.3, 0.4) is 0 Å². The van der Waals surface area contributed by atoms with Gasteiger partial charge in [0.1, 0.15) is 17.0 Å². The number of hydrogen-bond donors (Lipinski definition) is 2. The molecule has 5 rings (SSSR count). The molecule has 3 N–H and O–H groups in total. The van der Waals surface area contributed by atoms with Gasteiger partial charge in [-0.2, -0.15) is 10.4 Å². The van der Waals surface area contributed by atoms with E-state index in [1.165, 1.54) is 0 Å². The second kappa shape index (κ2) is 8.12. The second-order valence-electron chi connectivity index (χ2n) is 7.89. The van der Waals surface area contributed by atoms with Crippen LogP contribution >= 0.6 is 0 Å². The van der Waals surface area contributed by atoms with Crippen molar-refractivity contribution in [2.24, 2.45) is 0 Å². The van der Waals surface area contributed by atoms with Crippen LogP contribution in [0.1, 0.15) is 18.9 Å². The number of likely N-dealkylation sites (tertiary alicyclic amines) is 1. The summed E-state index contributed by atoms with van der Waals surface area (Å²) >= 11 is 0. The Bertz CT molecular complexity index is 1350. The molecule has 1 saturated heterocycles. The van der Waals surface area contributed by atoms with E-state index in [1.807, 2.05) is 65.4 Å². The number of nitrogen functional groups attached to an aromatic ring is 1. The Balaban J connectivity index is 1.56. The van der Waals surface area contributed by atoms with Crippen molar-refractivity contribution in [2.75, 3.05) is 18.8 Å². The lowest BCUT2D eigenvalue weighted by Crippen LogP contribution is -2.33. The number of nitrogens with two attached hydrogens (primary N) is 1. The van der Waals surface area contributed by atoms with Gasteiger partial charge in [0.25, 0.3) is 5.56 Å². The Labute approximate surface area is 184 Å². The predicted octanol–water partition coefficient (Wildman–Crippen LogP) is 3.88. The molecule has 0 radical (unpaired) electrons. The number of nitrogens with one attached hydrogen (secondary N) is 1. The van der Waals surface area contributed by atoms with E-state index in [-0.39, 0.29) is 17.4 Å². The van der Waals surface area contributed by atoms with E-state index >= 15 is 0 Å². The summed E-state index contributed by atoms with van der Waals surface area (Å²) in [7, 11) is 0. The van der Waals surface area contributed by atoms with E-state index < -0.39 is 0 Å². The second-order valence-corrected chi connectivity index (χ2v) is 7.89. The third-order valence-corrected chi connectivity index (χ3v) is 5.86. The molecular formula is C24H22N6O2. The monoisotopic (exact) mass is 426 g/mol. The highest BCUT2D eigenvalue weighted by Gasteiger charge is 2.25. The number of nitriles is 1. The molecule has 0 spiro atoms. The minimum Gasteiger partial charge on any atom is -0.457 e. The van der Waals surface area contributed by atoms with Gasteiger partial charge in [0, 0.05) is 24.8 Å². The highest BCUT2D eigenvalue weighted by atomic mass is 16.5. The molecule has 4 aromatic rings. The van der Waals surface area contributed by atoms with Gasteiger partial charge in [-0.15, -0.1) is 0 Å². The van der Waals surface area contributed by atoms with Crippen LogP contribution in [0.5, 0.6) is 11.5 Å². The smallest absolute Gasteiger partial charge is 0.288 e. The molecule has 1 fully saturated rings. The summed E-state index contributed by atoms with van der Waals surface area (Å²) in [4.78, 5) is 14.5. The quantitative estimate of drug-likeness (QED) is 0.479.